The van der Waals surface area contributed by atoms with Crippen LogP contribution in [0.2, 0.25) is 0 Å². The van der Waals surface area contributed by atoms with Gasteiger partial charge in [-0.25, -0.2) is 0 Å². The minimum Gasteiger partial charge on any atom is -0.351 e. The summed E-state index contributed by atoms with van der Waals surface area (Å²) in [6.07, 6.45) is 4.23. The van der Waals surface area contributed by atoms with E-state index in [-0.39, 0.29) is 23.8 Å². The summed E-state index contributed by atoms with van der Waals surface area (Å²) in [4.78, 5) is 40.1. The highest BCUT2D eigenvalue weighted by atomic mass is 16.2. The largest absolute Gasteiger partial charge is 0.351 e. The molecule has 1 atom stereocenters. The standard InChI is InChI=1S/C20H27N3O3/c1-15-6-5-7-17(12-15)23-14-16(13-20(23)26)21-18(24)9-11-22-10-4-2-3-8-19(22)25/h5-7,12,16H,2-4,8-11,13-14H2,1H3,(H,21,24). The molecule has 3 amide bonds. The number of carbonyl (C=O) groups is 3. The number of nitrogens with one attached hydrogen (secondary N) is 1. The molecular weight excluding hydrogens is 330 g/mol. The van der Waals surface area contributed by atoms with Crippen molar-refractivity contribution in [1.82, 2.24) is 10.2 Å². The fourth-order valence-corrected chi connectivity index (χ4v) is 3.66. The average Bonchev–Trinajstić information content (AvgIpc) is 2.83. The Bertz CT molecular complexity index is 689. The smallest absolute Gasteiger partial charge is 0.229 e. The van der Waals surface area contributed by atoms with Crippen molar-refractivity contribution in [2.24, 2.45) is 0 Å². The average molecular weight is 357 g/mol. The molecule has 2 fully saturated rings. The molecule has 0 aromatic heterocycles. The summed E-state index contributed by atoms with van der Waals surface area (Å²) in [7, 11) is 0. The maximum atomic E-state index is 12.3. The van der Waals surface area contributed by atoms with Crippen LogP contribution in [0.1, 0.15) is 44.1 Å². The Labute approximate surface area is 154 Å². The summed E-state index contributed by atoms with van der Waals surface area (Å²) in [6.45, 7) is 3.70. The Morgan fingerprint density at radius 3 is 2.85 bits per heavy atom. The molecule has 1 unspecified atom stereocenters. The number of likely N-dealkylation sites (tertiary alicyclic amines) is 1. The van der Waals surface area contributed by atoms with Crippen LogP contribution >= 0.6 is 0 Å². The Kier molecular flexibility index (Phi) is 5.91. The first-order valence-corrected chi connectivity index (χ1v) is 9.47. The summed E-state index contributed by atoms with van der Waals surface area (Å²) in [5, 5.41) is 2.95. The van der Waals surface area contributed by atoms with E-state index in [0.717, 1.165) is 37.1 Å². The molecule has 2 heterocycles. The summed E-state index contributed by atoms with van der Waals surface area (Å²) >= 11 is 0. The number of nitrogens with zero attached hydrogens (tertiary/aromatic N) is 2. The Hall–Kier alpha value is -2.37. The van der Waals surface area contributed by atoms with Gasteiger partial charge < -0.3 is 15.1 Å². The van der Waals surface area contributed by atoms with Crippen LogP contribution in [0, 0.1) is 6.92 Å². The van der Waals surface area contributed by atoms with Crippen molar-refractivity contribution in [2.75, 3.05) is 24.5 Å². The van der Waals surface area contributed by atoms with Gasteiger partial charge in [-0.15, -0.1) is 0 Å². The third-order valence-corrected chi connectivity index (χ3v) is 5.08. The number of rotatable bonds is 5. The lowest BCUT2D eigenvalue weighted by Crippen LogP contribution is -2.40. The van der Waals surface area contributed by atoms with Crippen LogP contribution in [0.3, 0.4) is 0 Å². The highest BCUT2D eigenvalue weighted by molar-refractivity contribution is 5.97. The topological polar surface area (TPSA) is 69.7 Å². The Balaban J connectivity index is 1.49. The van der Waals surface area contributed by atoms with Gasteiger partial charge in [0.1, 0.15) is 0 Å². The maximum Gasteiger partial charge on any atom is 0.229 e. The summed E-state index contributed by atoms with van der Waals surface area (Å²) < 4.78 is 0. The highest BCUT2D eigenvalue weighted by Gasteiger charge is 2.31. The molecular formula is C20H27N3O3. The molecule has 2 aliphatic heterocycles. The van der Waals surface area contributed by atoms with Crippen LogP contribution in [0.5, 0.6) is 0 Å². The first-order valence-electron chi connectivity index (χ1n) is 9.47. The van der Waals surface area contributed by atoms with Gasteiger partial charge in [-0.1, -0.05) is 18.6 Å². The van der Waals surface area contributed by atoms with Crippen LogP contribution in [-0.2, 0) is 14.4 Å². The molecule has 2 saturated heterocycles. The number of amides is 3. The lowest BCUT2D eigenvalue weighted by molar-refractivity contribution is -0.131. The van der Waals surface area contributed by atoms with E-state index in [0.29, 0.717) is 32.4 Å². The van der Waals surface area contributed by atoms with Crippen molar-refractivity contribution in [3.8, 4) is 0 Å². The lowest BCUT2D eigenvalue weighted by atomic mass is 10.2. The Morgan fingerprint density at radius 2 is 2.04 bits per heavy atom. The van der Waals surface area contributed by atoms with Gasteiger partial charge in [-0.3, -0.25) is 14.4 Å². The molecule has 0 bridgehead atoms. The summed E-state index contributed by atoms with van der Waals surface area (Å²) in [6, 6.07) is 7.65. The number of hydrogen-bond acceptors (Lipinski definition) is 3. The molecule has 6 heteroatoms. The SMILES string of the molecule is Cc1cccc(N2CC(NC(=O)CCN3CCCCCC3=O)CC2=O)c1. The molecule has 0 spiro atoms. The normalized spacial score (nSPS) is 21.0. The van der Waals surface area contributed by atoms with Crippen molar-refractivity contribution >= 4 is 23.4 Å². The van der Waals surface area contributed by atoms with E-state index in [9.17, 15) is 14.4 Å². The molecule has 0 saturated carbocycles. The highest BCUT2D eigenvalue weighted by Crippen LogP contribution is 2.22. The molecule has 3 rings (SSSR count). The summed E-state index contributed by atoms with van der Waals surface area (Å²) in [5.41, 5.74) is 1.98. The van der Waals surface area contributed by atoms with Gasteiger partial charge in [-0.2, -0.15) is 0 Å². The molecule has 1 N–H and O–H groups in total. The van der Waals surface area contributed by atoms with E-state index in [1.807, 2.05) is 31.2 Å². The molecule has 1 aromatic carbocycles. The second kappa shape index (κ2) is 8.34. The molecule has 2 aliphatic rings. The zero-order valence-electron chi connectivity index (χ0n) is 15.4. The van der Waals surface area contributed by atoms with Gasteiger partial charge in [0.05, 0.1) is 6.04 Å². The molecule has 26 heavy (non-hydrogen) atoms. The minimum atomic E-state index is -0.171. The zero-order chi connectivity index (χ0) is 18.5. The lowest BCUT2D eigenvalue weighted by Gasteiger charge is -2.21. The van der Waals surface area contributed by atoms with Crippen LogP contribution in [0.25, 0.3) is 0 Å². The first-order chi connectivity index (χ1) is 12.5. The van der Waals surface area contributed by atoms with Gasteiger partial charge in [0.25, 0.3) is 0 Å². The van der Waals surface area contributed by atoms with Crippen molar-refractivity contribution in [1.29, 1.82) is 0 Å². The van der Waals surface area contributed by atoms with Crippen molar-refractivity contribution in [3.63, 3.8) is 0 Å². The predicted molar refractivity (Wildman–Crippen MR) is 99.7 cm³/mol. The molecule has 0 radical (unpaired) electrons. The van der Waals surface area contributed by atoms with Gasteiger partial charge >= 0.3 is 0 Å². The van der Waals surface area contributed by atoms with E-state index in [1.165, 1.54) is 0 Å². The second-order valence-corrected chi connectivity index (χ2v) is 7.25. The van der Waals surface area contributed by atoms with Crippen LogP contribution < -0.4 is 10.2 Å². The predicted octanol–water partition coefficient (Wildman–Crippen LogP) is 2.01. The quantitative estimate of drug-likeness (QED) is 0.876. The minimum absolute atomic E-state index is 0.0311. The van der Waals surface area contributed by atoms with Crippen LogP contribution in [-0.4, -0.2) is 48.3 Å². The first kappa shape index (κ1) is 18.4. The third kappa shape index (κ3) is 4.62. The number of anilines is 1. The van der Waals surface area contributed by atoms with Crippen molar-refractivity contribution in [3.05, 3.63) is 29.8 Å². The zero-order valence-corrected chi connectivity index (χ0v) is 15.4. The maximum absolute atomic E-state index is 12.3. The third-order valence-electron chi connectivity index (χ3n) is 5.08. The second-order valence-electron chi connectivity index (χ2n) is 7.25. The van der Waals surface area contributed by atoms with Gasteiger partial charge in [0.15, 0.2) is 0 Å². The summed E-state index contributed by atoms with van der Waals surface area (Å²) in [5.74, 6) is 0.0894. The van der Waals surface area contributed by atoms with Crippen LogP contribution in [0.15, 0.2) is 24.3 Å². The number of hydrogen-bond donors (Lipinski definition) is 1. The number of carbonyl (C=O) groups excluding carboxylic acids is 3. The molecule has 0 aliphatic carbocycles. The van der Waals surface area contributed by atoms with Gasteiger partial charge in [-0.05, 0) is 37.5 Å². The molecule has 1 aromatic rings. The van der Waals surface area contributed by atoms with E-state index in [1.54, 1.807) is 9.80 Å². The van der Waals surface area contributed by atoms with E-state index >= 15 is 0 Å². The van der Waals surface area contributed by atoms with E-state index in [4.69, 9.17) is 0 Å². The van der Waals surface area contributed by atoms with Crippen LogP contribution in [0.4, 0.5) is 5.69 Å². The number of aryl methyl sites for hydroxylation is 1. The fraction of sp³-hybridized carbons (Fsp3) is 0.550. The number of benzene rings is 1. The van der Waals surface area contributed by atoms with E-state index < -0.39 is 0 Å². The van der Waals surface area contributed by atoms with E-state index in [2.05, 4.69) is 5.32 Å². The van der Waals surface area contributed by atoms with Crippen molar-refractivity contribution in [2.45, 2.75) is 51.5 Å². The fourth-order valence-electron chi connectivity index (χ4n) is 3.66. The molecule has 140 valence electrons. The monoisotopic (exact) mass is 357 g/mol. The van der Waals surface area contributed by atoms with Gasteiger partial charge in [0, 0.05) is 44.6 Å². The Morgan fingerprint density at radius 1 is 1.19 bits per heavy atom. The van der Waals surface area contributed by atoms with Gasteiger partial charge in [0.2, 0.25) is 17.7 Å². The molecule has 6 nitrogen and oxygen atoms in total. The van der Waals surface area contributed by atoms with Crippen molar-refractivity contribution < 1.29 is 14.4 Å².